The van der Waals surface area contributed by atoms with E-state index in [1.54, 1.807) is 6.07 Å². The van der Waals surface area contributed by atoms with Gasteiger partial charge in [-0.3, -0.25) is 0 Å². The molecule has 5 heteroatoms. The summed E-state index contributed by atoms with van der Waals surface area (Å²) in [6.45, 7) is 3.29. The lowest BCUT2D eigenvalue weighted by Gasteiger charge is -2.22. The third kappa shape index (κ3) is 1.88. The maximum absolute atomic E-state index is 8.67. The van der Waals surface area contributed by atoms with Gasteiger partial charge in [-0.25, -0.2) is 5.48 Å². The van der Waals surface area contributed by atoms with Gasteiger partial charge in [-0.15, -0.1) is 0 Å². The highest BCUT2D eigenvalue weighted by Crippen LogP contribution is 2.41. The maximum atomic E-state index is 8.67. The van der Waals surface area contributed by atoms with Crippen molar-refractivity contribution < 1.29 is 14.7 Å². The fourth-order valence-electron chi connectivity index (χ4n) is 1.62. The summed E-state index contributed by atoms with van der Waals surface area (Å²) >= 11 is 6.04. The largest absolute Gasteiger partial charge is 0.486 e. The van der Waals surface area contributed by atoms with Crippen LogP contribution in [0.4, 0.5) is 0 Å². The lowest BCUT2D eigenvalue weighted by atomic mass is 10.1. The summed E-state index contributed by atoms with van der Waals surface area (Å²) in [7, 11) is 0. The molecule has 0 saturated heterocycles. The lowest BCUT2D eigenvalue weighted by Crippen LogP contribution is -2.18. The standard InChI is InChI=1S/C10H12ClNO3/c1-6-7(5-12-13)4-8(11)10-9(6)14-2-3-15-10/h4,12-13H,2-3,5H2,1H3. The van der Waals surface area contributed by atoms with E-state index in [-0.39, 0.29) is 0 Å². The molecular formula is C10H12ClNO3. The van der Waals surface area contributed by atoms with Crippen molar-refractivity contribution in [1.29, 1.82) is 0 Å². The van der Waals surface area contributed by atoms with Gasteiger partial charge in [0.05, 0.1) is 5.02 Å². The Balaban J connectivity index is 2.49. The van der Waals surface area contributed by atoms with Crippen molar-refractivity contribution in [2.45, 2.75) is 13.5 Å². The second-order valence-corrected chi connectivity index (χ2v) is 3.74. The number of hydrogen-bond acceptors (Lipinski definition) is 4. The maximum Gasteiger partial charge on any atom is 0.180 e. The summed E-state index contributed by atoms with van der Waals surface area (Å²) in [5.41, 5.74) is 3.94. The molecule has 0 atom stereocenters. The molecule has 2 rings (SSSR count). The Hall–Kier alpha value is -0.970. The monoisotopic (exact) mass is 229 g/mol. The highest BCUT2D eigenvalue weighted by molar-refractivity contribution is 6.32. The molecule has 4 nitrogen and oxygen atoms in total. The van der Waals surface area contributed by atoms with Gasteiger partial charge < -0.3 is 14.7 Å². The molecule has 0 aliphatic carbocycles. The minimum Gasteiger partial charge on any atom is -0.486 e. The first-order valence-corrected chi connectivity index (χ1v) is 5.06. The van der Waals surface area contributed by atoms with Gasteiger partial charge in [0.1, 0.15) is 13.2 Å². The predicted molar refractivity (Wildman–Crippen MR) is 55.8 cm³/mol. The van der Waals surface area contributed by atoms with E-state index in [1.165, 1.54) is 0 Å². The molecule has 0 radical (unpaired) electrons. The van der Waals surface area contributed by atoms with Crippen molar-refractivity contribution >= 4 is 11.6 Å². The molecular weight excluding hydrogens is 218 g/mol. The van der Waals surface area contributed by atoms with Crippen LogP contribution in [-0.2, 0) is 6.54 Å². The molecule has 0 spiro atoms. The van der Waals surface area contributed by atoms with Gasteiger partial charge in [0, 0.05) is 6.54 Å². The lowest BCUT2D eigenvalue weighted by molar-refractivity contribution is 0.158. The molecule has 82 valence electrons. The molecule has 0 bridgehead atoms. The first-order chi connectivity index (χ1) is 7.24. The third-order valence-corrected chi connectivity index (χ3v) is 2.67. The number of benzene rings is 1. The number of halogens is 1. The average Bonchev–Trinajstić information content (AvgIpc) is 2.26. The van der Waals surface area contributed by atoms with Crippen LogP contribution >= 0.6 is 11.6 Å². The van der Waals surface area contributed by atoms with E-state index >= 15 is 0 Å². The van der Waals surface area contributed by atoms with Crippen LogP contribution in [0.25, 0.3) is 0 Å². The van der Waals surface area contributed by atoms with Crippen molar-refractivity contribution in [3.63, 3.8) is 0 Å². The second kappa shape index (κ2) is 4.26. The summed E-state index contributed by atoms with van der Waals surface area (Å²) in [4.78, 5) is 0. The molecule has 0 saturated carbocycles. The van der Waals surface area contributed by atoms with Crippen LogP contribution in [0, 0.1) is 6.92 Å². The van der Waals surface area contributed by atoms with Crippen LogP contribution in [-0.4, -0.2) is 18.4 Å². The van der Waals surface area contributed by atoms with Gasteiger partial charge in [0.2, 0.25) is 0 Å². The molecule has 1 heterocycles. The highest BCUT2D eigenvalue weighted by Gasteiger charge is 2.20. The molecule has 15 heavy (non-hydrogen) atoms. The van der Waals surface area contributed by atoms with Gasteiger partial charge in [-0.2, -0.15) is 0 Å². The first-order valence-electron chi connectivity index (χ1n) is 4.68. The van der Waals surface area contributed by atoms with E-state index in [9.17, 15) is 0 Å². The van der Waals surface area contributed by atoms with Crippen LogP contribution in [0.15, 0.2) is 6.07 Å². The van der Waals surface area contributed by atoms with Crippen molar-refractivity contribution in [3.05, 3.63) is 22.2 Å². The fourth-order valence-corrected chi connectivity index (χ4v) is 1.89. The molecule has 1 aliphatic heterocycles. The Labute approximate surface area is 92.7 Å². The summed E-state index contributed by atoms with van der Waals surface area (Å²) in [6, 6.07) is 1.77. The van der Waals surface area contributed by atoms with Crippen LogP contribution in [0.1, 0.15) is 11.1 Å². The SMILES string of the molecule is Cc1c(CNO)cc(Cl)c2c1OCCO2. The minimum atomic E-state index is 0.336. The van der Waals surface area contributed by atoms with Crippen molar-refractivity contribution in [2.75, 3.05) is 13.2 Å². The topological polar surface area (TPSA) is 50.7 Å². The summed E-state index contributed by atoms with van der Waals surface area (Å²) in [5.74, 6) is 1.28. The summed E-state index contributed by atoms with van der Waals surface area (Å²) < 4.78 is 10.9. The van der Waals surface area contributed by atoms with Gasteiger partial charge in [0.15, 0.2) is 11.5 Å². The van der Waals surface area contributed by atoms with Crippen LogP contribution in [0.3, 0.4) is 0 Å². The molecule has 0 amide bonds. The fraction of sp³-hybridized carbons (Fsp3) is 0.400. The molecule has 2 N–H and O–H groups in total. The molecule has 1 aromatic rings. The van der Waals surface area contributed by atoms with E-state index in [0.29, 0.717) is 36.3 Å². The number of ether oxygens (including phenoxy) is 2. The van der Waals surface area contributed by atoms with Crippen molar-refractivity contribution in [1.82, 2.24) is 5.48 Å². The second-order valence-electron chi connectivity index (χ2n) is 3.33. The zero-order valence-electron chi connectivity index (χ0n) is 8.34. The zero-order chi connectivity index (χ0) is 10.8. The number of nitrogens with one attached hydrogen (secondary N) is 1. The Morgan fingerprint density at radius 1 is 1.40 bits per heavy atom. The molecule has 1 aliphatic rings. The molecule has 0 aromatic heterocycles. The predicted octanol–water partition coefficient (Wildman–Crippen LogP) is 1.90. The van der Waals surface area contributed by atoms with Crippen LogP contribution in [0.2, 0.25) is 5.02 Å². The number of rotatable bonds is 2. The minimum absolute atomic E-state index is 0.336. The Kier molecular flexibility index (Phi) is 3.00. The summed E-state index contributed by atoms with van der Waals surface area (Å²) in [6.07, 6.45) is 0. The third-order valence-electron chi connectivity index (χ3n) is 2.39. The Morgan fingerprint density at radius 2 is 2.07 bits per heavy atom. The van der Waals surface area contributed by atoms with E-state index in [2.05, 4.69) is 5.48 Å². The molecule has 1 aromatic carbocycles. The van der Waals surface area contributed by atoms with Gasteiger partial charge >= 0.3 is 0 Å². The summed E-state index contributed by atoms with van der Waals surface area (Å²) in [5, 5.41) is 9.19. The first kappa shape index (κ1) is 10.5. The van der Waals surface area contributed by atoms with E-state index < -0.39 is 0 Å². The van der Waals surface area contributed by atoms with Crippen molar-refractivity contribution in [2.24, 2.45) is 0 Å². The molecule has 0 unspecified atom stereocenters. The normalized spacial score (nSPS) is 14.1. The van der Waals surface area contributed by atoms with Gasteiger partial charge in [0.25, 0.3) is 0 Å². The van der Waals surface area contributed by atoms with Crippen molar-refractivity contribution in [3.8, 4) is 11.5 Å². The average molecular weight is 230 g/mol. The number of hydroxylamine groups is 1. The number of hydrogen-bond donors (Lipinski definition) is 2. The van der Waals surface area contributed by atoms with Gasteiger partial charge in [-0.05, 0) is 24.1 Å². The Morgan fingerprint density at radius 3 is 2.73 bits per heavy atom. The van der Waals surface area contributed by atoms with Crippen LogP contribution in [0.5, 0.6) is 11.5 Å². The smallest absolute Gasteiger partial charge is 0.180 e. The highest BCUT2D eigenvalue weighted by atomic mass is 35.5. The van der Waals surface area contributed by atoms with E-state index in [0.717, 1.165) is 11.1 Å². The van der Waals surface area contributed by atoms with Gasteiger partial charge in [-0.1, -0.05) is 11.6 Å². The van der Waals surface area contributed by atoms with E-state index in [1.807, 2.05) is 6.92 Å². The zero-order valence-corrected chi connectivity index (χ0v) is 9.10. The van der Waals surface area contributed by atoms with Crippen LogP contribution < -0.4 is 15.0 Å². The molecule has 0 fully saturated rings. The van der Waals surface area contributed by atoms with E-state index in [4.69, 9.17) is 26.3 Å². The Bertz CT molecular complexity index is 381. The number of fused-ring (bicyclic) bond motifs is 1. The quantitative estimate of drug-likeness (QED) is 0.761.